The van der Waals surface area contributed by atoms with Crippen LogP contribution in [0.3, 0.4) is 0 Å². The molecule has 6 heteroatoms. The van der Waals surface area contributed by atoms with Crippen molar-refractivity contribution in [2.24, 2.45) is 0 Å². The highest BCUT2D eigenvalue weighted by atomic mass is 16.6. The molecule has 0 unspecified atom stereocenters. The first-order valence-corrected chi connectivity index (χ1v) is 8.61. The molecule has 0 saturated carbocycles. The average Bonchev–Trinajstić information content (AvgIpc) is 2.68. The number of hydrogen-bond donors (Lipinski definition) is 1. The number of rotatable bonds is 5. The zero-order valence-electron chi connectivity index (χ0n) is 14.8. The van der Waals surface area contributed by atoms with E-state index in [9.17, 15) is 14.7 Å². The van der Waals surface area contributed by atoms with Gasteiger partial charge >= 0.3 is 5.97 Å². The summed E-state index contributed by atoms with van der Waals surface area (Å²) in [5, 5.41) is 9.50. The molecule has 0 spiro atoms. The predicted octanol–water partition coefficient (Wildman–Crippen LogP) is 3.31. The van der Waals surface area contributed by atoms with Gasteiger partial charge in [0.05, 0.1) is 0 Å². The summed E-state index contributed by atoms with van der Waals surface area (Å²) in [5.41, 5.74) is 2.04. The second-order valence-electron chi connectivity index (χ2n) is 5.91. The van der Waals surface area contributed by atoms with Crippen LogP contribution in [-0.4, -0.2) is 48.2 Å². The number of carboxylic acids is 1. The fourth-order valence-electron chi connectivity index (χ4n) is 3.00. The van der Waals surface area contributed by atoms with E-state index in [1.54, 1.807) is 35.2 Å². The van der Waals surface area contributed by atoms with E-state index in [0.717, 1.165) is 5.56 Å². The first-order valence-electron chi connectivity index (χ1n) is 8.61. The SMILES string of the molecule is CCN(CC)C(=O)c1cccc(-c2cc3c(c(C(=O)O)c2)OCCO3)c1. The Balaban J connectivity index is 2.04. The van der Waals surface area contributed by atoms with Gasteiger partial charge in [0.25, 0.3) is 5.91 Å². The molecule has 1 aliphatic rings. The lowest BCUT2D eigenvalue weighted by molar-refractivity contribution is 0.0685. The number of fused-ring (bicyclic) bond motifs is 1. The maximum absolute atomic E-state index is 12.6. The summed E-state index contributed by atoms with van der Waals surface area (Å²) >= 11 is 0. The van der Waals surface area contributed by atoms with E-state index in [1.807, 2.05) is 19.9 Å². The molecule has 1 aliphatic heterocycles. The number of hydrogen-bond acceptors (Lipinski definition) is 4. The van der Waals surface area contributed by atoms with E-state index in [1.165, 1.54) is 0 Å². The fourth-order valence-corrected chi connectivity index (χ4v) is 3.00. The second-order valence-corrected chi connectivity index (χ2v) is 5.91. The van der Waals surface area contributed by atoms with Crippen molar-refractivity contribution in [3.8, 4) is 22.6 Å². The van der Waals surface area contributed by atoms with Crippen LogP contribution in [0, 0.1) is 0 Å². The van der Waals surface area contributed by atoms with Crippen LogP contribution in [0.2, 0.25) is 0 Å². The zero-order valence-corrected chi connectivity index (χ0v) is 14.8. The standard InChI is InChI=1S/C20H21NO5/c1-3-21(4-2)19(22)14-7-5-6-13(10-14)15-11-16(20(23)24)18-17(12-15)25-8-9-26-18/h5-7,10-12H,3-4,8-9H2,1-2H3,(H,23,24). The minimum atomic E-state index is -1.08. The van der Waals surface area contributed by atoms with Gasteiger partial charge in [-0.25, -0.2) is 4.79 Å². The minimum Gasteiger partial charge on any atom is -0.486 e. The Labute approximate surface area is 152 Å². The summed E-state index contributed by atoms with van der Waals surface area (Å²) in [6.45, 7) is 5.83. The van der Waals surface area contributed by atoms with E-state index in [4.69, 9.17) is 9.47 Å². The van der Waals surface area contributed by atoms with Gasteiger partial charge in [0, 0.05) is 18.7 Å². The van der Waals surface area contributed by atoms with Gasteiger partial charge in [0.15, 0.2) is 11.5 Å². The van der Waals surface area contributed by atoms with Gasteiger partial charge in [-0.3, -0.25) is 4.79 Å². The van der Waals surface area contributed by atoms with E-state index in [0.29, 0.717) is 43.2 Å². The lowest BCUT2D eigenvalue weighted by Gasteiger charge is -2.21. The Bertz CT molecular complexity index is 842. The second kappa shape index (κ2) is 7.47. The molecule has 6 nitrogen and oxygen atoms in total. The van der Waals surface area contributed by atoms with Crippen LogP contribution in [0.15, 0.2) is 36.4 Å². The minimum absolute atomic E-state index is 0.0483. The summed E-state index contributed by atoms with van der Waals surface area (Å²) in [7, 11) is 0. The monoisotopic (exact) mass is 355 g/mol. The van der Waals surface area contributed by atoms with Crippen LogP contribution in [0.1, 0.15) is 34.6 Å². The number of aromatic carboxylic acids is 1. The van der Waals surface area contributed by atoms with E-state index < -0.39 is 5.97 Å². The summed E-state index contributed by atoms with van der Waals surface area (Å²) in [5.74, 6) is -0.466. The molecule has 2 aromatic carbocycles. The topological polar surface area (TPSA) is 76.1 Å². The van der Waals surface area contributed by atoms with Gasteiger partial charge in [-0.15, -0.1) is 0 Å². The van der Waals surface area contributed by atoms with Gasteiger partial charge in [0.2, 0.25) is 0 Å². The van der Waals surface area contributed by atoms with Crippen LogP contribution in [-0.2, 0) is 0 Å². The van der Waals surface area contributed by atoms with E-state index >= 15 is 0 Å². The van der Waals surface area contributed by atoms with Gasteiger partial charge in [0.1, 0.15) is 18.8 Å². The number of carboxylic acid groups (broad SMARTS) is 1. The Morgan fingerprint density at radius 1 is 1.04 bits per heavy atom. The lowest BCUT2D eigenvalue weighted by Crippen LogP contribution is -2.30. The number of benzene rings is 2. The normalized spacial score (nSPS) is 12.5. The van der Waals surface area contributed by atoms with Crippen molar-refractivity contribution in [1.82, 2.24) is 4.90 Å². The van der Waals surface area contributed by atoms with Crippen LogP contribution in [0.5, 0.6) is 11.5 Å². The maximum atomic E-state index is 12.6. The molecule has 3 rings (SSSR count). The van der Waals surface area contributed by atoms with Crippen molar-refractivity contribution in [2.75, 3.05) is 26.3 Å². The molecule has 0 fully saturated rings. The Kier molecular flexibility index (Phi) is 5.11. The Morgan fingerprint density at radius 3 is 2.46 bits per heavy atom. The first-order chi connectivity index (χ1) is 12.5. The molecule has 136 valence electrons. The van der Waals surface area contributed by atoms with Crippen molar-refractivity contribution >= 4 is 11.9 Å². The molecule has 0 aliphatic carbocycles. The molecule has 0 atom stereocenters. The smallest absolute Gasteiger partial charge is 0.339 e. The first kappa shape index (κ1) is 17.8. The summed E-state index contributed by atoms with van der Waals surface area (Å²) in [4.78, 5) is 25.9. The number of nitrogens with zero attached hydrogens (tertiary/aromatic N) is 1. The third kappa shape index (κ3) is 3.35. The molecule has 1 N–H and O–H groups in total. The van der Waals surface area contributed by atoms with Crippen molar-refractivity contribution in [1.29, 1.82) is 0 Å². The van der Waals surface area contributed by atoms with Gasteiger partial charge in [-0.1, -0.05) is 12.1 Å². The fraction of sp³-hybridized carbons (Fsp3) is 0.300. The number of carbonyl (C=O) groups excluding carboxylic acids is 1. The average molecular weight is 355 g/mol. The molecular weight excluding hydrogens is 334 g/mol. The van der Waals surface area contributed by atoms with Crippen molar-refractivity contribution in [3.63, 3.8) is 0 Å². The molecule has 26 heavy (non-hydrogen) atoms. The summed E-state index contributed by atoms with van der Waals surface area (Å²) in [6.07, 6.45) is 0. The highest BCUT2D eigenvalue weighted by Gasteiger charge is 2.22. The van der Waals surface area contributed by atoms with Crippen LogP contribution >= 0.6 is 0 Å². The third-order valence-electron chi connectivity index (χ3n) is 4.37. The Hall–Kier alpha value is -3.02. The largest absolute Gasteiger partial charge is 0.486 e. The number of ether oxygens (including phenoxy) is 2. The predicted molar refractivity (Wildman–Crippen MR) is 97.1 cm³/mol. The highest BCUT2D eigenvalue weighted by Crippen LogP contribution is 2.38. The van der Waals surface area contributed by atoms with Crippen LogP contribution < -0.4 is 9.47 Å². The molecule has 0 saturated heterocycles. The molecule has 1 amide bonds. The lowest BCUT2D eigenvalue weighted by atomic mass is 9.99. The van der Waals surface area contributed by atoms with Crippen LogP contribution in [0.25, 0.3) is 11.1 Å². The molecule has 0 aromatic heterocycles. The molecule has 0 bridgehead atoms. The molecule has 2 aromatic rings. The highest BCUT2D eigenvalue weighted by molar-refractivity contribution is 5.97. The quantitative estimate of drug-likeness (QED) is 0.890. The van der Waals surface area contributed by atoms with Gasteiger partial charge < -0.3 is 19.5 Å². The van der Waals surface area contributed by atoms with E-state index in [-0.39, 0.29) is 17.2 Å². The third-order valence-corrected chi connectivity index (χ3v) is 4.37. The van der Waals surface area contributed by atoms with Crippen molar-refractivity contribution in [3.05, 3.63) is 47.5 Å². The molecule has 0 radical (unpaired) electrons. The van der Waals surface area contributed by atoms with Gasteiger partial charge in [-0.2, -0.15) is 0 Å². The van der Waals surface area contributed by atoms with E-state index in [2.05, 4.69) is 0 Å². The maximum Gasteiger partial charge on any atom is 0.339 e. The molecular formula is C20H21NO5. The number of carbonyl (C=O) groups is 2. The zero-order chi connectivity index (χ0) is 18.7. The molecule has 1 heterocycles. The Morgan fingerprint density at radius 2 is 1.77 bits per heavy atom. The van der Waals surface area contributed by atoms with Crippen molar-refractivity contribution in [2.45, 2.75) is 13.8 Å². The number of amides is 1. The summed E-state index contributed by atoms with van der Waals surface area (Å²) in [6, 6.07) is 10.5. The van der Waals surface area contributed by atoms with Gasteiger partial charge in [-0.05, 0) is 49.2 Å². The van der Waals surface area contributed by atoms with Crippen molar-refractivity contribution < 1.29 is 24.2 Å². The summed E-state index contributed by atoms with van der Waals surface area (Å²) < 4.78 is 11.0. The van der Waals surface area contributed by atoms with Crippen LogP contribution in [0.4, 0.5) is 0 Å².